The van der Waals surface area contributed by atoms with E-state index >= 15 is 0 Å². The van der Waals surface area contributed by atoms with Crippen LogP contribution in [0.2, 0.25) is 0 Å². The molecule has 1 aliphatic rings. The Kier molecular flexibility index (Phi) is 5.85. The maximum Gasteiger partial charge on any atom is 0.251 e. The Hall–Kier alpha value is -2.74. The van der Waals surface area contributed by atoms with Crippen LogP contribution in [0.25, 0.3) is 0 Å². The third kappa shape index (κ3) is 4.51. The molecule has 1 aromatic carbocycles. The maximum absolute atomic E-state index is 13.0. The summed E-state index contributed by atoms with van der Waals surface area (Å²) in [5.74, 6) is -0.580. The number of carbonyl (C=O) groups excluding carboxylic acids is 2. The van der Waals surface area contributed by atoms with Crippen molar-refractivity contribution in [1.82, 2.24) is 25.3 Å². The van der Waals surface area contributed by atoms with E-state index in [9.17, 15) is 14.0 Å². The lowest BCUT2D eigenvalue weighted by atomic mass is 10.0. The quantitative estimate of drug-likeness (QED) is 0.827. The Morgan fingerprint density at radius 3 is 2.44 bits per heavy atom. The van der Waals surface area contributed by atoms with Crippen molar-refractivity contribution in [2.75, 3.05) is 20.1 Å². The molecule has 1 unspecified atom stereocenters. The number of nitrogens with zero attached hydrogens (tertiary/aromatic N) is 3. The minimum atomic E-state index is -0.427. The van der Waals surface area contributed by atoms with Crippen LogP contribution in [-0.2, 0) is 11.8 Å². The second-order valence-electron chi connectivity index (χ2n) is 6.75. The fourth-order valence-corrected chi connectivity index (χ4v) is 3.32. The zero-order valence-electron chi connectivity index (χ0n) is 15.5. The molecule has 27 heavy (non-hydrogen) atoms. The molecule has 0 saturated carbocycles. The number of amides is 2. The number of piperidine rings is 1. The van der Waals surface area contributed by atoms with Crippen LogP contribution in [0.3, 0.4) is 0 Å². The fourth-order valence-electron chi connectivity index (χ4n) is 3.32. The third-order valence-corrected chi connectivity index (χ3v) is 4.84. The molecule has 0 bridgehead atoms. The molecular formula is C19H24FN5O2. The van der Waals surface area contributed by atoms with Crippen molar-refractivity contribution in [2.45, 2.75) is 24.9 Å². The molecule has 2 N–H and O–H groups in total. The van der Waals surface area contributed by atoms with Crippen LogP contribution in [0.4, 0.5) is 4.39 Å². The zero-order valence-corrected chi connectivity index (χ0v) is 15.5. The summed E-state index contributed by atoms with van der Waals surface area (Å²) in [4.78, 5) is 26.9. The van der Waals surface area contributed by atoms with E-state index in [1.54, 1.807) is 17.9 Å². The number of carbonyl (C=O) groups is 2. The highest BCUT2D eigenvalue weighted by atomic mass is 19.1. The van der Waals surface area contributed by atoms with Gasteiger partial charge in [-0.3, -0.25) is 14.3 Å². The number of nitrogens with one attached hydrogen (secondary N) is 2. The average molecular weight is 373 g/mol. The Bertz CT molecular complexity index is 797. The molecule has 1 fully saturated rings. The molecule has 0 radical (unpaired) electrons. The van der Waals surface area contributed by atoms with E-state index in [4.69, 9.17) is 0 Å². The number of rotatable bonds is 5. The normalized spacial score (nSPS) is 16.2. The topological polar surface area (TPSA) is 79.3 Å². The van der Waals surface area contributed by atoms with Gasteiger partial charge in [0.2, 0.25) is 5.91 Å². The van der Waals surface area contributed by atoms with Gasteiger partial charge < -0.3 is 15.5 Å². The van der Waals surface area contributed by atoms with Crippen molar-refractivity contribution in [3.05, 3.63) is 53.6 Å². The number of hydrogen-bond acceptors (Lipinski definition) is 4. The number of likely N-dealkylation sites (N-methyl/N-ethyl adjacent to an activating group) is 1. The monoisotopic (exact) mass is 373 g/mol. The third-order valence-electron chi connectivity index (χ3n) is 4.84. The summed E-state index contributed by atoms with van der Waals surface area (Å²) in [6.07, 6.45) is 4.88. The van der Waals surface area contributed by atoms with Crippen LogP contribution in [-0.4, -0.2) is 52.7 Å². The van der Waals surface area contributed by atoms with Crippen molar-refractivity contribution in [1.29, 1.82) is 0 Å². The summed E-state index contributed by atoms with van der Waals surface area (Å²) in [5, 5.41) is 10.1. The number of likely N-dealkylation sites (tertiary alicyclic amines) is 1. The first kappa shape index (κ1) is 19.0. The van der Waals surface area contributed by atoms with E-state index in [1.165, 1.54) is 24.3 Å². The summed E-state index contributed by atoms with van der Waals surface area (Å²) >= 11 is 0. The molecule has 144 valence electrons. The van der Waals surface area contributed by atoms with E-state index < -0.39 is 6.04 Å². The van der Waals surface area contributed by atoms with Crippen LogP contribution in [0.1, 0.15) is 34.8 Å². The molecule has 0 spiro atoms. The summed E-state index contributed by atoms with van der Waals surface area (Å²) < 4.78 is 14.6. The largest absolute Gasteiger partial charge is 0.349 e. The molecule has 7 nitrogen and oxygen atoms in total. The van der Waals surface area contributed by atoms with Gasteiger partial charge in [-0.2, -0.15) is 5.10 Å². The van der Waals surface area contributed by atoms with E-state index in [0.29, 0.717) is 31.5 Å². The fraction of sp³-hybridized carbons (Fsp3) is 0.421. The first-order chi connectivity index (χ1) is 13.0. The van der Waals surface area contributed by atoms with Gasteiger partial charge in [0.15, 0.2) is 0 Å². The number of aryl methyl sites for hydroxylation is 1. The Labute approximate surface area is 157 Å². The predicted molar refractivity (Wildman–Crippen MR) is 98.5 cm³/mol. The van der Waals surface area contributed by atoms with Crippen LogP contribution >= 0.6 is 0 Å². The highest BCUT2D eigenvalue weighted by molar-refractivity contribution is 5.94. The lowest BCUT2D eigenvalue weighted by molar-refractivity contribution is -0.134. The summed E-state index contributed by atoms with van der Waals surface area (Å²) in [5.41, 5.74) is 1.26. The van der Waals surface area contributed by atoms with E-state index in [1.807, 2.05) is 18.1 Å². The van der Waals surface area contributed by atoms with Gasteiger partial charge >= 0.3 is 0 Å². The van der Waals surface area contributed by atoms with Gasteiger partial charge in [0, 0.05) is 43.5 Å². The van der Waals surface area contributed by atoms with Crippen LogP contribution in [0.5, 0.6) is 0 Å². The minimum absolute atomic E-state index is 0.00182. The van der Waals surface area contributed by atoms with Gasteiger partial charge in [-0.1, -0.05) is 0 Å². The van der Waals surface area contributed by atoms with Gasteiger partial charge in [0.25, 0.3) is 5.91 Å². The second kappa shape index (κ2) is 8.30. The zero-order chi connectivity index (χ0) is 19.4. The van der Waals surface area contributed by atoms with Crippen molar-refractivity contribution in [2.24, 2.45) is 7.05 Å². The molecule has 1 aromatic heterocycles. The molecule has 1 atom stereocenters. The van der Waals surface area contributed by atoms with Crippen molar-refractivity contribution < 1.29 is 14.0 Å². The Balaban J connectivity index is 1.54. The van der Waals surface area contributed by atoms with Gasteiger partial charge in [-0.15, -0.1) is 0 Å². The molecule has 2 aromatic rings. The van der Waals surface area contributed by atoms with Crippen LogP contribution in [0.15, 0.2) is 36.7 Å². The first-order valence-corrected chi connectivity index (χ1v) is 8.99. The molecule has 3 rings (SSSR count). The standard InChI is InChI=1S/C19H24FN5O2/c1-21-17(14-11-22-24(2)12-14)19(27)25-9-7-16(8-10-25)23-18(26)13-3-5-15(20)6-4-13/h3-6,11-12,16-17,21H,7-10H2,1-2H3,(H,23,26). The van der Waals surface area contributed by atoms with Gasteiger partial charge in [-0.25, -0.2) is 4.39 Å². The maximum atomic E-state index is 13.0. The minimum Gasteiger partial charge on any atom is -0.349 e. The highest BCUT2D eigenvalue weighted by Gasteiger charge is 2.29. The predicted octanol–water partition coefficient (Wildman–Crippen LogP) is 1.24. The highest BCUT2D eigenvalue weighted by Crippen LogP contribution is 2.19. The molecule has 1 aliphatic heterocycles. The van der Waals surface area contributed by atoms with Crippen LogP contribution in [0, 0.1) is 5.82 Å². The lowest BCUT2D eigenvalue weighted by Crippen LogP contribution is -2.49. The second-order valence-corrected chi connectivity index (χ2v) is 6.75. The van der Waals surface area contributed by atoms with E-state index in [2.05, 4.69) is 15.7 Å². The van der Waals surface area contributed by atoms with Crippen molar-refractivity contribution >= 4 is 11.8 Å². The van der Waals surface area contributed by atoms with Gasteiger partial charge in [0.05, 0.1) is 6.20 Å². The number of aromatic nitrogens is 2. The molecular weight excluding hydrogens is 349 g/mol. The van der Waals surface area contributed by atoms with Crippen LogP contribution < -0.4 is 10.6 Å². The van der Waals surface area contributed by atoms with E-state index in [-0.39, 0.29) is 23.7 Å². The SMILES string of the molecule is CNC(C(=O)N1CCC(NC(=O)c2ccc(F)cc2)CC1)c1cnn(C)c1. The smallest absolute Gasteiger partial charge is 0.251 e. The molecule has 2 amide bonds. The number of benzene rings is 1. The molecule has 2 heterocycles. The summed E-state index contributed by atoms with van der Waals surface area (Å²) in [7, 11) is 3.57. The Morgan fingerprint density at radius 1 is 1.22 bits per heavy atom. The summed E-state index contributed by atoms with van der Waals surface area (Å²) in [6.45, 7) is 1.15. The lowest BCUT2D eigenvalue weighted by Gasteiger charge is -2.34. The van der Waals surface area contributed by atoms with Crippen molar-refractivity contribution in [3.63, 3.8) is 0 Å². The number of halogens is 1. The number of hydrogen-bond donors (Lipinski definition) is 2. The molecule has 1 saturated heterocycles. The van der Waals surface area contributed by atoms with Crippen molar-refractivity contribution in [3.8, 4) is 0 Å². The first-order valence-electron chi connectivity index (χ1n) is 8.99. The van der Waals surface area contributed by atoms with Gasteiger partial charge in [0.1, 0.15) is 11.9 Å². The average Bonchev–Trinajstić information content (AvgIpc) is 3.09. The molecule has 8 heteroatoms. The molecule has 0 aliphatic carbocycles. The Morgan fingerprint density at radius 2 is 1.89 bits per heavy atom. The van der Waals surface area contributed by atoms with E-state index in [0.717, 1.165) is 5.56 Å². The van der Waals surface area contributed by atoms with Gasteiger partial charge in [-0.05, 0) is 44.2 Å². The summed E-state index contributed by atoms with van der Waals surface area (Å²) in [6, 6.07) is 5.05.